The Morgan fingerprint density at radius 3 is 1.51 bits per heavy atom. The number of rotatable bonds is 21. The van der Waals surface area contributed by atoms with Gasteiger partial charge in [0.25, 0.3) is 0 Å². The van der Waals surface area contributed by atoms with Crippen molar-refractivity contribution in [2.24, 2.45) is 50.2 Å². The zero-order valence-electron chi connectivity index (χ0n) is 65.4. The molecule has 660 valence electrons. The first-order chi connectivity index (χ1) is 54.1. The Morgan fingerprint density at radius 1 is 0.452 bits per heavy atom. The molecule has 0 unspecified atom stereocenters. The summed E-state index contributed by atoms with van der Waals surface area (Å²) in [4.78, 5) is 29.4. The third-order valence-electron chi connectivity index (χ3n) is 28.4. The molecule has 13 aliphatic rings. The van der Waals surface area contributed by atoms with Crippen LogP contribution in [0.2, 0.25) is 0 Å². The van der Waals surface area contributed by atoms with Gasteiger partial charge in [-0.25, -0.2) is 0 Å². The molecule has 0 spiro atoms. The van der Waals surface area contributed by atoms with Crippen molar-refractivity contribution in [1.29, 1.82) is 0 Å². The van der Waals surface area contributed by atoms with E-state index in [-0.39, 0.29) is 24.7 Å². The predicted octanol–water partition coefficient (Wildman–Crippen LogP) is -8.43. The van der Waals surface area contributed by atoms with Gasteiger partial charge >= 0.3 is 5.97 Å². The molecule has 8 heterocycles. The number of aliphatic hydroxyl groups is 21. The zero-order valence-corrected chi connectivity index (χ0v) is 65.4. The highest BCUT2D eigenvalue weighted by Gasteiger charge is 2.74. The number of aliphatic hydroxyl groups excluding tert-OH is 21. The number of ether oxygens (including phenoxy) is 16. The third kappa shape index (κ3) is 16.1. The smallest absolute Gasteiger partial charge is 0.317 e. The number of allylic oxidation sites excluding steroid dienone is 2. The Bertz CT molecular complexity index is 3330. The second kappa shape index (κ2) is 34.7. The molecule has 44 atom stereocenters. The van der Waals surface area contributed by atoms with E-state index < -0.39 is 330 Å². The van der Waals surface area contributed by atoms with Crippen LogP contribution in [0.25, 0.3) is 0 Å². The Hall–Kier alpha value is -2.76. The van der Waals surface area contributed by atoms with Crippen LogP contribution in [-0.4, -0.2) is 399 Å². The van der Waals surface area contributed by atoms with Crippen molar-refractivity contribution in [2.75, 3.05) is 52.9 Å². The lowest BCUT2D eigenvalue weighted by molar-refractivity contribution is -0.377. The Balaban J connectivity index is 0.759. The van der Waals surface area contributed by atoms with Crippen molar-refractivity contribution < 1.29 is 193 Å². The summed E-state index contributed by atoms with van der Waals surface area (Å²) in [6.07, 6.45) is -55.6. The van der Waals surface area contributed by atoms with E-state index in [1.165, 1.54) is 6.92 Å². The van der Waals surface area contributed by atoms with Gasteiger partial charge < -0.3 is 188 Å². The highest BCUT2D eigenvalue weighted by Crippen LogP contribution is 2.77. The van der Waals surface area contributed by atoms with E-state index in [9.17, 15) is 112 Å². The average Bonchev–Trinajstić information content (AvgIpc) is 0.907. The van der Waals surface area contributed by atoms with Gasteiger partial charge in [0.2, 0.25) is 12.2 Å². The minimum Gasteiger partial charge on any atom is -0.432 e. The van der Waals surface area contributed by atoms with Gasteiger partial charge in [-0.15, -0.1) is 0 Å². The molecule has 0 aromatic heterocycles. The van der Waals surface area contributed by atoms with Crippen LogP contribution in [0.15, 0.2) is 11.6 Å². The van der Waals surface area contributed by atoms with Gasteiger partial charge in [0, 0.05) is 12.8 Å². The van der Waals surface area contributed by atoms with Gasteiger partial charge in [0.05, 0.1) is 65.1 Å². The third-order valence-corrected chi connectivity index (χ3v) is 28.4. The van der Waals surface area contributed by atoms with Gasteiger partial charge in [-0.1, -0.05) is 66.5 Å². The standard InChI is InChI=1S/C75H121NO39/c1-27(80)76-41-46(90)58(113-67-51(95)47(91)44(88)33(19-77)105-67)36(26-104-62-53(97)55(31(83)24-100-62)110-63-48(92)42(86)29(81)22-101-63)108-61(41)109-40-13-16-72(6)37(71(40,4)5)12-17-73(7)38(72)11-10-28-60-70(2,3)14-9-15-75(60,39(85)18-74(28,73)8)69(99)115-68-59(52(96)57(35(21-79)107-68)112-64-49(93)43(87)30(82)23-102-64)114-65-54(98)56(32(84)25-103-65)111-66-50(94)45(89)34(20-78)106-66/h10,29-68,77-79,81-98H,9,11-26H2,1-8H3,(H,76,80)/t29-,30-,31-,32-,33-,34-,35-,36+,37+,38-,39-,40+,41+,42+,43-,44+,45+,46+,47-,48-,49-,50+,51-,52+,53-,54+,55-,56+,57-,58+,59-,60-,61-,62+,63-,64-,65+,66-,67+,68+,72+,73+,74+,75-/m1/s1. The Labute approximate surface area is 662 Å². The molecule has 0 bridgehead atoms. The topological polar surface area (TPSA) is 619 Å². The summed E-state index contributed by atoms with van der Waals surface area (Å²) in [6.45, 7) is 10.7. The lowest BCUT2D eigenvalue weighted by atomic mass is 9.32. The molecule has 1 amide bonds. The first-order valence-corrected chi connectivity index (χ1v) is 40.0. The SMILES string of the molecule is CC(=O)N[C@@H]1[C@@H](O[C@H]2CC[C@]3(C)[C@H]4CC=C5[C@@H]6C(C)(C)CCC[C@@]6(C(=O)O[C@@H]6O[C@H](CO)[C@@H](O[C@H]7OC[C@@H](O)[C@@H](O)[C@H]7O)[C@H](O)[C@H]6O[C@@H]6OC[C@@H](O)[C@H](O[C@H]7O[C@H](CO)[C@H](O)[C@@H]7O)[C@@H]6O)[C@H](O)C[C@]5(C)[C@@]4(C)CC[C@H]3C2(C)C)O[C@@H](CO[C@@H]2OC[C@@H](O)[C@@H](O[C@H]3OC[C@@H](O)[C@H](O)[C@H]3O)[C@H]2O)[C@H](O[C@@H]2O[C@H](CO)[C@H](O)[C@@H](O)[C@H]2O)[C@H]1O. The van der Waals surface area contributed by atoms with Gasteiger partial charge in [0.15, 0.2) is 50.1 Å². The van der Waals surface area contributed by atoms with E-state index in [0.29, 0.717) is 44.9 Å². The maximum Gasteiger partial charge on any atom is 0.317 e. The molecule has 8 aliphatic heterocycles. The van der Waals surface area contributed by atoms with Gasteiger partial charge in [-0.3, -0.25) is 9.59 Å². The number of carbonyl (C=O) groups excluding carboxylic acids is 2. The number of hydrogen-bond donors (Lipinski definition) is 22. The number of fused-ring (bicyclic) bond motifs is 7. The van der Waals surface area contributed by atoms with E-state index in [0.717, 1.165) is 5.57 Å². The predicted molar refractivity (Wildman–Crippen MR) is 376 cm³/mol. The van der Waals surface area contributed by atoms with Crippen LogP contribution in [0.4, 0.5) is 0 Å². The largest absolute Gasteiger partial charge is 0.432 e. The van der Waals surface area contributed by atoms with E-state index in [2.05, 4.69) is 46.0 Å². The van der Waals surface area contributed by atoms with Crippen molar-refractivity contribution >= 4 is 11.9 Å². The van der Waals surface area contributed by atoms with E-state index in [4.69, 9.17) is 75.8 Å². The monoisotopic (exact) mass is 1660 g/mol. The molecule has 22 N–H and O–H groups in total. The number of esters is 1. The fourth-order valence-corrected chi connectivity index (χ4v) is 22.0. The van der Waals surface area contributed by atoms with Crippen LogP contribution < -0.4 is 5.32 Å². The van der Waals surface area contributed by atoms with Gasteiger partial charge in [-0.2, -0.15) is 0 Å². The van der Waals surface area contributed by atoms with Crippen molar-refractivity contribution in [3.8, 4) is 0 Å². The molecular weight excluding hydrogens is 1540 g/mol. The Morgan fingerprint density at radius 2 is 0.930 bits per heavy atom. The second-order valence-corrected chi connectivity index (χ2v) is 36.0. The van der Waals surface area contributed by atoms with E-state index >= 15 is 4.79 Å². The van der Waals surface area contributed by atoms with E-state index in [1.807, 2.05) is 13.8 Å². The summed E-state index contributed by atoms with van der Waals surface area (Å²) in [6, 6.07) is -1.47. The molecule has 0 aromatic carbocycles. The number of carbonyl (C=O) groups is 2. The van der Waals surface area contributed by atoms with Gasteiger partial charge in [-0.05, 0) is 90.3 Å². The molecule has 8 saturated heterocycles. The molecular formula is C75H121NO39. The van der Waals surface area contributed by atoms with E-state index in [1.54, 1.807) is 0 Å². The van der Waals surface area contributed by atoms with Crippen LogP contribution in [-0.2, 0) is 85.4 Å². The fourth-order valence-electron chi connectivity index (χ4n) is 22.0. The molecule has 13 rings (SSSR count). The quantitative estimate of drug-likeness (QED) is 0.0288. The molecule has 115 heavy (non-hydrogen) atoms. The fraction of sp³-hybridized carbons (Fsp3) is 0.947. The van der Waals surface area contributed by atoms with Crippen LogP contribution in [0.1, 0.15) is 113 Å². The minimum atomic E-state index is -2.09. The molecule has 40 nitrogen and oxygen atoms in total. The first-order valence-electron chi connectivity index (χ1n) is 40.0. The summed E-state index contributed by atoms with van der Waals surface area (Å²) < 4.78 is 96.5. The van der Waals surface area contributed by atoms with Crippen LogP contribution >= 0.6 is 0 Å². The highest BCUT2D eigenvalue weighted by atomic mass is 16.8. The molecule has 5 aliphatic carbocycles. The average molecular weight is 1660 g/mol. The molecule has 4 saturated carbocycles. The minimum absolute atomic E-state index is 0.0502. The molecule has 0 aromatic rings. The van der Waals surface area contributed by atoms with Gasteiger partial charge in [0.1, 0.15) is 164 Å². The van der Waals surface area contributed by atoms with Crippen molar-refractivity contribution in [1.82, 2.24) is 5.32 Å². The number of hydrogen-bond acceptors (Lipinski definition) is 39. The summed E-state index contributed by atoms with van der Waals surface area (Å²) in [5, 5.41) is 235. The number of nitrogens with one attached hydrogen (secondary N) is 1. The lowest BCUT2D eigenvalue weighted by Gasteiger charge is -2.72. The highest BCUT2D eigenvalue weighted by molar-refractivity contribution is 5.80. The normalized spacial score (nSPS) is 53.1. The summed E-state index contributed by atoms with van der Waals surface area (Å²) >= 11 is 0. The molecule has 12 fully saturated rings. The molecule has 0 radical (unpaired) electrons. The summed E-state index contributed by atoms with van der Waals surface area (Å²) in [5.41, 5.74) is -4.19. The van der Waals surface area contributed by atoms with Crippen molar-refractivity contribution in [2.45, 2.75) is 340 Å². The maximum absolute atomic E-state index is 16.1. The maximum atomic E-state index is 16.1. The Kier molecular flexibility index (Phi) is 27.2. The lowest BCUT2D eigenvalue weighted by Crippen LogP contribution is -2.70. The van der Waals surface area contributed by atoms with Crippen LogP contribution in [0.5, 0.6) is 0 Å². The van der Waals surface area contributed by atoms with Crippen molar-refractivity contribution in [3.63, 3.8) is 0 Å². The van der Waals surface area contributed by atoms with Crippen LogP contribution in [0.3, 0.4) is 0 Å². The van der Waals surface area contributed by atoms with Crippen molar-refractivity contribution in [3.05, 3.63) is 11.6 Å². The van der Waals surface area contributed by atoms with Crippen LogP contribution in [0, 0.1) is 50.2 Å². The molecule has 40 heteroatoms. The first kappa shape index (κ1) is 90.0. The summed E-state index contributed by atoms with van der Waals surface area (Å²) in [5.74, 6) is -2.56. The zero-order chi connectivity index (χ0) is 83.6. The summed E-state index contributed by atoms with van der Waals surface area (Å²) in [7, 11) is 0. The second-order valence-electron chi connectivity index (χ2n) is 36.0. The number of amides is 1.